The molecule has 4 nitrogen and oxygen atoms in total. The second kappa shape index (κ2) is 6.23. The average Bonchev–Trinajstić information content (AvgIpc) is 2.75. The van der Waals surface area contributed by atoms with Gasteiger partial charge in [0.2, 0.25) is 0 Å². The number of hydrogen-bond acceptors (Lipinski definition) is 3. The Kier molecular flexibility index (Phi) is 4.01. The SMILES string of the molecule is O=C(NC1CCN2c3ccccc3Oc3ccccc3C2C1)C(F)(F)F. The van der Waals surface area contributed by atoms with Crippen molar-refractivity contribution in [2.45, 2.75) is 31.1 Å². The third kappa shape index (κ3) is 2.98. The summed E-state index contributed by atoms with van der Waals surface area (Å²) >= 11 is 0. The Hall–Kier alpha value is -2.70. The van der Waals surface area contributed by atoms with Gasteiger partial charge in [0.1, 0.15) is 5.75 Å². The van der Waals surface area contributed by atoms with Crippen LogP contribution in [-0.2, 0) is 4.79 Å². The van der Waals surface area contributed by atoms with E-state index in [2.05, 4.69) is 10.2 Å². The van der Waals surface area contributed by atoms with Crippen molar-refractivity contribution in [2.75, 3.05) is 11.4 Å². The molecule has 0 aliphatic carbocycles. The quantitative estimate of drug-likeness (QED) is 0.827. The van der Waals surface area contributed by atoms with Crippen LogP contribution in [0.3, 0.4) is 0 Å². The zero-order chi connectivity index (χ0) is 18.3. The van der Waals surface area contributed by atoms with Crippen molar-refractivity contribution in [1.82, 2.24) is 5.32 Å². The number of ether oxygens (including phenoxy) is 1. The average molecular weight is 362 g/mol. The standard InChI is InChI=1S/C19H17F3N2O2/c20-19(21,22)18(25)23-12-9-10-24-14-6-2-4-8-17(14)26-16-7-3-1-5-13(16)15(24)11-12/h1-8,12,15H,9-11H2,(H,23,25). The minimum Gasteiger partial charge on any atom is -0.455 e. The number of alkyl halides is 3. The van der Waals surface area contributed by atoms with Gasteiger partial charge in [-0.1, -0.05) is 30.3 Å². The number of benzene rings is 2. The lowest BCUT2D eigenvalue weighted by Gasteiger charge is -2.40. The summed E-state index contributed by atoms with van der Waals surface area (Å²) in [6.07, 6.45) is -4.04. The molecular weight excluding hydrogens is 345 g/mol. The Morgan fingerprint density at radius 1 is 1.08 bits per heavy atom. The number of rotatable bonds is 1. The van der Waals surface area contributed by atoms with E-state index in [0.717, 1.165) is 17.0 Å². The van der Waals surface area contributed by atoms with Gasteiger partial charge in [-0.2, -0.15) is 13.2 Å². The molecule has 2 unspecified atom stereocenters. The Balaban J connectivity index is 1.67. The highest BCUT2D eigenvalue weighted by Crippen LogP contribution is 2.47. The van der Waals surface area contributed by atoms with Gasteiger partial charge in [0.05, 0.1) is 11.7 Å². The van der Waals surface area contributed by atoms with E-state index in [4.69, 9.17) is 4.74 Å². The van der Waals surface area contributed by atoms with Gasteiger partial charge in [-0.05, 0) is 31.0 Å². The van der Waals surface area contributed by atoms with Crippen LogP contribution in [0.15, 0.2) is 48.5 Å². The van der Waals surface area contributed by atoms with Gasteiger partial charge < -0.3 is 15.0 Å². The van der Waals surface area contributed by atoms with Crippen LogP contribution < -0.4 is 15.0 Å². The number of nitrogens with one attached hydrogen (secondary N) is 1. The topological polar surface area (TPSA) is 41.6 Å². The van der Waals surface area contributed by atoms with Crippen LogP contribution in [0.4, 0.5) is 18.9 Å². The molecule has 2 aromatic rings. The van der Waals surface area contributed by atoms with E-state index in [1.54, 1.807) is 0 Å². The fourth-order valence-corrected chi connectivity index (χ4v) is 3.69. The van der Waals surface area contributed by atoms with Gasteiger partial charge in [0.15, 0.2) is 5.75 Å². The monoisotopic (exact) mass is 362 g/mol. The minimum atomic E-state index is -4.87. The molecule has 1 fully saturated rings. The molecule has 2 aliphatic heterocycles. The summed E-state index contributed by atoms with van der Waals surface area (Å²) in [5.74, 6) is -0.468. The second-order valence-electron chi connectivity index (χ2n) is 6.51. The van der Waals surface area contributed by atoms with Crippen LogP contribution in [0, 0.1) is 0 Å². The first-order valence-electron chi connectivity index (χ1n) is 8.43. The van der Waals surface area contributed by atoms with E-state index in [9.17, 15) is 18.0 Å². The van der Waals surface area contributed by atoms with Crippen molar-refractivity contribution >= 4 is 11.6 Å². The van der Waals surface area contributed by atoms with Crippen molar-refractivity contribution in [2.24, 2.45) is 0 Å². The predicted octanol–water partition coefficient (Wildman–Crippen LogP) is 4.18. The third-order valence-electron chi connectivity index (χ3n) is 4.87. The maximum Gasteiger partial charge on any atom is 0.471 e. The number of carbonyl (C=O) groups is 1. The summed E-state index contributed by atoms with van der Waals surface area (Å²) in [6.45, 7) is 0.530. The summed E-state index contributed by atoms with van der Waals surface area (Å²) < 4.78 is 43.8. The van der Waals surface area contributed by atoms with Gasteiger partial charge in [-0.15, -0.1) is 0 Å². The number of anilines is 1. The Morgan fingerprint density at radius 2 is 1.77 bits per heavy atom. The van der Waals surface area contributed by atoms with Crippen LogP contribution in [-0.4, -0.2) is 24.7 Å². The van der Waals surface area contributed by atoms with Gasteiger partial charge in [-0.3, -0.25) is 4.79 Å². The molecule has 0 bridgehead atoms. The summed E-state index contributed by atoms with van der Waals surface area (Å²) in [5, 5.41) is 2.14. The van der Waals surface area contributed by atoms with Gasteiger partial charge in [0, 0.05) is 18.2 Å². The lowest BCUT2D eigenvalue weighted by atomic mass is 9.91. The zero-order valence-corrected chi connectivity index (χ0v) is 13.8. The number of fused-ring (bicyclic) bond motifs is 5. The molecule has 0 radical (unpaired) electrons. The first-order valence-corrected chi connectivity index (χ1v) is 8.43. The summed E-state index contributed by atoms with van der Waals surface area (Å²) in [7, 11) is 0. The fraction of sp³-hybridized carbons (Fsp3) is 0.316. The number of carbonyl (C=O) groups excluding carboxylic acids is 1. The number of hydrogen-bond donors (Lipinski definition) is 1. The molecule has 2 aliphatic rings. The lowest BCUT2D eigenvalue weighted by molar-refractivity contribution is -0.174. The maximum absolute atomic E-state index is 12.6. The molecule has 26 heavy (non-hydrogen) atoms. The van der Waals surface area contributed by atoms with Gasteiger partial charge >= 0.3 is 12.1 Å². The molecule has 1 amide bonds. The van der Waals surface area contributed by atoms with Crippen LogP contribution in [0.1, 0.15) is 24.4 Å². The van der Waals surface area contributed by atoms with E-state index in [-0.39, 0.29) is 6.04 Å². The smallest absolute Gasteiger partial charge is 0.455 e. The van der Waals surface area contributed by atoms with Crippen molar-refractivity contribution in [3.05, 3.63) is 54.1 Å². The van der Waals surface area contributed by atoms with E-state index >= 15 is 0 Å². The van der Waals surface area contributed by atoms with Gasteiger partial charge in [0.25, 0.3) is 0 Å². The predicted molar refractivity (Wildman–Crippen MR) is 90.3 cm³/mol. The van der Waals surface area contributed by atoms with E-state index in [1.807, 2.05) is 48.5 Å². The molecule has 1 saturated heterocycles. The molecule has 1 N–H and O–H groups in total. The normalized spacial score (nSPS) is 21.6. The summed E-state index contributed by atoms with van der Waals surface area (Å²) in [4.78, 5) is 13.5. The first kappa shape index (κ1) is 16.8. The van der Waals surface area contributed by atoms with Crippen LogP contribution >= 0.6 is 0 Å². The number of piperidine rings is 1. The fourth-order valence-electron chi connectivity index (χ4n) is 3.69. The summed E-state index contributed by atoms with van der Waals surface area (Å²) in [6, 6.07) is 14.4. The lowest BCUT2D eigenvalue weighted by Crippen LogP contribution is -2.49. The number of nitrogens with zero attached hydrogens (tertiary/aromatic N) is 1. The second-order valence-corrected chi connectivity index (χ2v) is 6.51. The highest BCUT2D eigenvalue weighted by Gasteiger charge is 2.42. The molecule has 0 aromatic heterocycles. The number of halogens is 3. The Labute approximate surface area is 148 Å². The van der Waals surface area contributed by atoms with Crippen LogP contribution in [0.2, 0.25) is 0 Å². The third-order valence-corrected chi connectivity index (χ3v) is 4.87. The van der Waals surface area contributed by atoms with E-state index in [0.29, 0.717) is 25.1 Å². The number of para-hydroxylation sites is 3. The Bertz CT molecular complexity index is 838. The molecule has 136 valence electrons. The largest absolute Gasteiger partial charge is 0.471 e. The van der Waals surface area contributed by atoms with Crippen molar-refractivity contribution in [1.29, 1.82) is 0 Å². The number of amides is 1. The van der Waals surface area contributed by atoms with Crippen LogP contribution in [0.25, 0.3) is 0 Å². The highest BCUT2D eigenvalue weighted by molar-refractivity contribution is 5.82. The highest BCUT2D eigenvalue weighted by atomic mass is 19.4. The zero-order valence-electron chi connectivity index (χ0n) is 13.8. The first-order chi connectivity index (χ1) is 12.4. The molecule has 7 heteroatoms. The minimum absolute atomic E-state index is 0.165. The van der Waals surface area contributed by atoms with Crippen molar-refractivity contribution in [3.8, 4) is 11.5 Å². The molecule has 2 aromatic carbocycles. The van der Waals surface area contributed by atoms with Crippen molar-refractivity contribution < 1.29 is 22.7 Å². The maximum atomic E-state index is 12.6. The summed E-state index contributed by atoms with van der Waals surface area (Å²) in [5.41, 5.74) is 1.82. The molecule has 2 atom stereocenters. The molecule has 4 rings (SSSR count). The van der Waals surface area contributed by atoms with Crippen molar-refractivity contribution in [3.63, 3.8) is 0 Å². The molecule has 0 spiro atoms. The van der Waals surface area contributed by atoms with E-state index in [1.165, 1.54) is 0 Å². The van der Waals surface area contributed by atoms with E-state index < -0.39 is 18.1 Å². The van der Waals surface area contributed by atoms with Gasteiger partial charge in [-0.25, -0.2) is 0 Å². The molecule has 0 saturated carbocycles. The van der Waals surface area contributed by atoms with Crippen LogP contribution in [0.5, 0.6) is 11.5 Å². The molecule has 2 heterocycles. The molecular formula is C19H17F3N2O2. The Morgan fingerprint density at radius 3 is 2.54 bits per heavy atom.